The van der Waals surface area contributed by atoms with E-state index in [9.17, 15) is 4.39 Å². The van der Waals surface area contributed by atoms with Crippen LogP contribution in [0.25, 0.3) is 0 Å². The van der Waals surface area contributed by atoms with Gasteiger partial charge in [-0.25, -0.2) is 4.39 Å². The number of halogens is 2. The maximum Gasteiger partial charge on any atom is 0.124 e. The van der Waals surface area contributed by atoms with Crippen molar-refractivity contribution < 1.29 is 9.13 Å². The highest BCUT2D eigenvalue weighted by atomic mass is 35.5. The summed E-state index contributed by atoms with van der Waals surface area (Å²) in [7, 11) is 0. The van der Waals surface area contributed by atoms with E-state index in [1.807, 2.05) is 11.8 Å². The number of ether oxygens (including phenoxy) is 1. The number of hydrogen-bond acceptors (Lipinski definition) is 3. The van der Waals surface area contributed by atoms with Crippen LogP contribution in [0.2, 0.25) is 5.02 Å². The van der Waals surface area contributed by atoms with Crippen molar-refractivity contribution in [3.05, 3.63) is 29.0 Å². The number of rotatable bonds is 2. The van der Waals surface area contributed by atoms with E-state index in [4.69, 9.17) is 16.3 Å². The molecule has 3 rings (SSSR count). The number of thioether (sulfide) groups is 1. The van der Waals surface area contributed by atoms with Crippen LogP contribution in [-0.2, 0) is 4.74 Å². The van der Waals surface area contributed by atoms with E-state index in [2.05, 4.69) is 5.32 Å². The molecule has 2 saturated heterocycles. The molecule has 0 saturated carbocycles. The zero-order valence-corrected chi connectivity index (χ0v) is 12.2. The molecular formula is C14H17ClFNOS. The molecule has 0 aliphatic carbocycles. The van der Waals surface area contributed by atoms with E-state index < -0.39 is 0 Å². The zero-order valence-electron chi connectivity index (χ0n) is 10.6. The standard InChI is InChI=1S/C14H17ClFNOS/c15-12-7-10(16)1-2-13(12)17-11-3-5-18-14(8-11)4-6-19-9-14/h1-2,7,11,17H,3-6,8-9H2. The molecule has 2 atom stereocenters. The Morgan fingerprint density at radius 3 is 3.11 bits per heavy atom. The summed E-state index contributed by atoms with van der Waals surface area (Å²) in [5.74, 6) is 1.97. The predicted octanol–water partition coefficient (Wildman–Crippen LogP) is 3.95. The molecule has 1 aromatic rings. The van der Waals surface area contributed by atoms with Gasteiger partial charge in [0.15, 0.2) is 0 Å². The monoisotopic (exact) mass is 301 g/mol. The Kier molecular flexibility index (Phi) is 3.92. The molecule has 2 aliphatic heterocycles. The molecule has 2 heterocycles. The van der Waals surface area contributed by atoms with Gasteiger partial charge in [0.05, 0.1) is 16.3 Å². The van der Waals surface area contributed by atoms with Crippen LogP contribution in [0.4, 0.5) is 10.1 Å². The molecule has 19 heavy (non-hydrogen) atoms. The molecule has 0 bridgehead atoms. The fraction of sp³-hybridized carbons (Fsp3) is 0.571. The van der Waals surface area contributed by atoms with Crippen LogP contribution < -0.4 is 5.32 Å². The van der Waals surface area contributed by atoms with Gasteiger partial charge < -0.3 is 10.1 Å². The Morgan fingerprint density at radius 1 is 1.47 bits per heavy atom. The summed E-state index contributed by atoms with van der Waals surface area (Å²) >= 11 is 8.03. The zero-order chi connectivity index (χ0) is 13.3. The fourth-order valence-corrected chi connectivity index (χ4v) is 4.44. The van der Waals surface area contributed by atoms with Crippen molar-refractivity contribution in [3.63, 3.8) is 0 Å². The maximum atomic E-state index is 13.0. The van der Waals surface area contributed by atoms with Gasteiger partial charge in [-0.05, 0) is 43.2 Å². The molecule has 0 amide bonds. The molecule has 2 nitrogen and oxygen atoms in total. The summed E-state index contributed by atoms with van der Waals surface area (Å²) in [5, 5.41) is 3.89. The second-order valence-corrected chi connectivity index (χ2v) is 6.80. The minimum absolute atomic E-state index is 0.0487. The van der Waals surface area contributed by atoms with Gasteiger partial charge in [-0.2, -0.15) is 11.8 Å². The van der Waals surface area contributed by atoms with Crippen LogP contribution in [0.5, 0.6) is 0 Å². The van der Waals surface area contributed by atoms with Crippen LogP contribution in [0.1, 0.15) is 19.3 Å². The van der Waals surface area contributed by atoms with Crippen LogP contribution in [-0.4, -0.2) is 29.8 Å². The lowest BCUT2D eigenvalue weighted by molar-refractivity contribution is -0.0628. The second kappa shape index (κ2) is 5.51. The Labute approximate surface area is 122 Å². The number of benzene rings is 1. The molecule has 2 fully saturated rings. The van der Waals surface area contributed by atoms with Gasteiger partial charge in [0.25, 0.3) is 0 Å². The molecule has 1 aromatic carbocycles. The van der Waals surface area contributed by atoms with Gasteiger partial charge in [0.1, 0.15) is 5.82 Å². The molecule has 2 aliphatic rings. The van der Waals surface area contributed by atoms with Crippen molar-refractivity contribution >= 4 is 29.1 Å². The first-order valence-electron chi connectivity index (χ1n) is 6.60. The highest BCUT2D eigenvalue weighted by Crippen LogP contribution is 2.39. The highest BCUT2D eigenvalue weighted by Gasteiger charge is 2.40. The Morgan fingerprint density at radius 2 is 2.37 bits per heavy atom. The van der Waals surface area contributed by atoms with Gasteiger partial charge >= 0.3 is 0 Å². The first-order valence-corrected chi connectivity index (χ1v) is 8.13. The third-order valence-electron chi connectivity index (χ3n) is 3.85. The summed E-state index contributed by atoms with van der Waals surface area (Å²) in [6.45, 7) is 0.789. The summed E-state index contributed by atoms with van der Waals surface area (Å²) in [6.07, 6.45) is 3.11. The maximum absolute atomic E-state index is 13.0. The molecule has 1 N–H and O–H groups in total. The van der Waals surface area contributed by atoms with Gasteiger partial charge in [0.2, 0.25) is 0 Å². The summed E-state index contributed by atoms with van der Waals surface area (Å²) in [5.41, 5.74) is 0.864. The number of nitrogens with one attached hydrogen (secondary N) is 1. The van der Waals surface area contributed by atoms with E-state index in [0.29, 0.717) is 11.1 Å². The lowest BCUT2D eigenvalue weighted by Crippen LogP contribution is -2.44. The second-order valence-electron chi connectivity index (χ2n) is 5.29. The fourth-order valence-electron chi connectivity index (χ4n) is 2.84. The third kappa shape index (κ3) is 3.01. The van der Waals surface area contributed by atoms with Gasteiger partial charge in [0, 0.05) is 18.4 Å². The Hall–Kier alpha value is -0.450. The highest BCUT2D eigenvalue weighted by molar-refractivity contribution is 7.99. The van der Waals surface area contributed by atoms with Crippen molar-refractivity contribution in [2.24, 2.45) is 0 Å². The van der Waals surface area contributed by atoms with E-state index in [-0.39, 0.29) is 11.4 Å². The van der Waals surface area contributed by atoms with E-state index in [1.54, 1.807) is 6.07 Å². The van der Waals surface area contributed by atoms with E-state index >= 15 is 0 Å². The molecule has 1 spiro atoms. The smallest absolute Gasteiger partial charge is 0.124 e. The average molecular weight is 302 g/mol. The van der Waals surface area contributed by atoms with Crippen LogP contribution in [0.3, 0.4) is 0 Å². The Balaban J connectivity index is 1.69. The van der Waals surface area contributed by atoms with Gasteiger partial charge in [-0.15, -0.1) is 0 Å². The van der Waals surface area contributed by atoms with Crippen molar-refractivity contribution in [3.8, 4) is 0 Å². The van der Waals surface area contributed by atoms with Crippen LogP contribution in [0, 0.1) is 5.82 Å². The molecule has 0 aromatic heterocycles. The Bertz CT molecular complexity index is 465. The third-order valence-corrected chi connectivity index (χ3v) is 5.39. The number of hydrogen-bond donors (Lipinski definition) is 1. The minimum atomic E-state index is -0.300. The SMILES string of the molecule is Fc1ccc(NC2CCOC3(CCSC3)C2)c(Cl)c1. The largest absolute Gasteiger partial charge is 0.381 e. The van der Waals surface area contributed by atoms with Crippen molar-refractivity contribution in [1.82, 2.24) is 0 Å². The predicted molar refractivity (Wildman–Crippen MR) is 78.7 cm³/mol. The van der Waals surface area contributed by atoms with Crippen molar-refractivity contribution in [2.45, 2.75) is 30.9 Å². The van der Waals surface area contributed by atoms with Crippen molar-refractivity contribution in [2.75, 3.05) is 23.4 Å². The molecule has 104 valence electrons. The van der Waals surface area contributed by atoms with E-state index in [1.165, 1.54) is 17.9 Å². The first kappa shape index (κ1) is 13.5. The average Bonchev–Trinajstić information content (AvgIpc) is 2.81. The van der Waals surface area contributed by atoms with Gasteiger partial charge in [-0.1, -0.05) is 11.6 Å². The van der Waals surface area contributed by atoms with Crippen molar-refractivity contribution in [1.29, 1.82) is 0 Å². The van der Waals surface area contributed by atoms with Crippen LogP contribution >= 0.6 is 23.4 Å². The molecule has 5 heteroatoms. The normalized spacial score (nSPS) is 30.7. The topological polar surface area (TPSA) is 21.3 Å². The lowest BCUT2D eigenvalue weighted by atomic mass is 9.90. The number of anilines is 1. The lowest BCUT2D eigenvalue weighted by Gasteiger charge is -2.38. The first-order chi connectivity index (χ1) is 9.17. The molecule has 0 radical (unpaired) electrons. The van der Waals surface area contributed by atoms with Crippen LogP contribution in [0.15, 0.2) is 18.2 Å². The van der Waals surface area contributed by atoms with Gasteiger partial charge in [-0.3, -0.25) is 0 Å². The van der Waals surface area contributed by atoms with E-state index in [0.717, 1.165) is 37.3 Å². The quantitative estimate of drug-likeness (QED) is 0.894. The summed E-state index contributed by atoms with van der Waals surface area (Å²) in [6, 6.07) is 4.86. The molecule has 2 unspecified atom stereocenters. The molecular weight excluding hydrogens is 285 g/mol. The summed E-state index contributed by atoms with van der Waals surface area (Å²) < 4.78 is 19.0. The minimum Gasteiger partial charge on any atom is -0.381 e. The summed E-state index contributed by atoms with van der Waals surface area (Å²) in [4.78, 5) is 0.